The molecule has 1 fully saturated rings. The zero-order valence-electron chi connectivity index (χ0n) is 9.95. The summed E-state index contributed by atoms with van der Waals surface area (Å²) in [6.45, 7) is 6.04. The van der Waals surface area contributed by atoms with Crippen LogP contribution in [-0.4, -0.2) is 22.6 Å². The molecule has 0 bridgehead atoms. The van der Waals surface area contributed by atoms with Gasteiger partial charge in [-0.05, 0) is 33.6 Å². The summed E-state index contributed by atoms with van der Waals surface area (Å²) in [5.74, 6) is 4.99. The van der Waals surface area contributed by atoms with Gasteiger partial charge in [0.05, 0.1) is 0 Å². The van der Waals surface area contributed by atoms with E-state index in [9.17, 15) is 4.79 Å². The first-order chi connectivity index (χ1) is 6.96. The highest BCUT2D eigenvalue weighted by Gasteiger charge is 2.34. The minimum absolute atomic E-state index is 0.224. The molecule has 0 aromatic rings. The summed E-state index contributed by atoms with van der Waals surface area (Å²) >= 11 is 0. The standard InChI is InChI=1S/C11H22N2O2/c1-11(2,3)13(10(14)15-12)9-7-5-4-6-8-9/h9H,4-8,12H2,1-3H3. The van der Waals surface area contributed by atoms with Gasteiger partial charge in [0.2, 0.25) is 0 Å². The van der Waals surface area contributed by atoms with E-state index in [1.807, 2.05) is 20.8 Å². The van der Waals surface area contributed by atoms with Crippen molar-refractivity contribution in [3.05, 3.63) is 0 Å². The molecule has 2 N–H and O–H groups in total. The molecule has 4 heteroatoms. The number of nitrogens with zero attached hydrogens (tertiary/aromatic N) is 1. The summed E-state index contributed by atoms with van der Waals surface area (Å²) in [7, 11) is 0. The molecule has 15 heavy (non-hydrogen) atoms. The van der Waals surface area contributed by atoms with Crippen molar-refractivity contribution < 1.29 is 9.63 Å². The van der Waals surface area contributed by atoms with Gasteiger partial charge in [-0.15, -0.1) is 0 Å². The van der Waals surface area contributed by atoms with Gasteiger partial charge < -0.3 is 4.84 Å². The second-order valence-corrected chi connectivity index (χ2v) is 5.22. The lowest BCUT2D eigenvalue weighted by Gasteiger charge is -2.41. The van der Waals surface area contributed by atoms with Crippen molar-refractivity contribution in [3.8, 4) is 0 Å². The Bertz CT molecular complexity index is 217. The third-order valence-corrected chi connectivity index (χ3v) is 2.96. The van der Waals surface area contributed by atoms with E-state index in [0.717, 1.165) is 12.8 Å². The SMILES string of the molecule is CC(C)(C)N(C(=O)ON)C1CCCCC1. The van der Waals surface area contributed by atoms with Gasteiger partial charge in [0.25, 0.3) is 0 Å². The zero-order chi connectivity index (χ0) is 11.5. The van der Waals surface area contributed by atoms with Crippen molar-refractivity contribution in [1.82, 2.24) is 4.90 Å². The molecule has 1 aliphatic carbocycles. The Balaban J connectivity index is 2.75. The Morgan fingerprint density at radius 1 is 1.27 bits per heavy atom. The highest BCUT2D eigenvalue weighted by atomic mass is 16.7. The van der Waals surface area contributed by atoms with E-state index in [0.29, 0.717) is 0 Å². The Morgan fingerprint density at radius 3 is 2.20 bits per heavy atom. The van der Waals surface area contributed by atoms with E-state index in [1.165, 1.54) is 19.3 Å². The number of nitrogens with two attached hydrogens (primary N) is 1. The van der Waals surface area contributed by atoms with Crippen LogP contribution < -0.4 is 5.90 Å². The van der Waals surface area contributed by atoms with Crippen LogP contribution in [0.4, 0.5) is 4.79 Å². The molecule has 1 saturated carbocycles. The molecular weight excluding hydrogens is 192 g/mol. The zero-order valence-corrected chi connectivity index (χ0v) is 9.95. The molecule has 4 nitrogen and oxygen atoms in total. The third-order valence-electron chi connectivity index (χ3n) is 2.96. The average Bonchev–Trinajstić information content (AvgIpc) is 2.17. The van der Waals surface area contributed by atoms with Crippen molar-refractivity contribution in [1.29, 1.82) is 0 Å². The fourth-order valence-electron chi connectivity index (χ4n) is 2.37. The van der Waals surface area contributed by atoms with Crippen LogP contribution in [0.2, 0.25) is 0 Å². The minimum Gasteiger partial charge on any atom is -0.357 e. The van der Waals surface area contributed by atoms with E-state index in [1.54, 1.807) is 4.90 Å². The maximum atomic E-state index is 11.6. The second kappa shape index (κ2) is 4.84. The Labute approximate surface area is 91.7 Å². The summed E-state index contributed by atoms with van der Waals surface area (Å²) in [5, 5.41) is 0. The van der Waals surface area contributed by atoms with Crippen LogP contribution in [0.1, 0.15) is 52.9 Å². The highest BCUT2D eigenvalue weighted by Crippen LogP contribution is 2.28. The summed E-state index contributed by atoms with van der Waals surface area (Å²) in [6, 6.07) is 0.287. The smallest absolute Gasteiger partial charge is 0.357 e. The van der Waals surface area contributed by atoms with Crippen molar-refractivity contribution in [2.75, 3.05) is 0 Å². The maximum Gasteiger partial charge on any atom is 0.429 e. The first-order valence-electron chi connectivity index (χ1n) is 5.67. The lowest BCUT2D eigenvalue weighted by molar-refractivity contribution is 0.0334. The van der Waals surface area contributed by atoms with Crippen molar-refractivity contribution in [2.45, 2.75) is 64.5 Å². The molecule has 0 aromatic heterocycles. The van der Waals surface area contributed by atoms with Gasteiger partial charge in [0.1, 0.15) is 0 Å². The average molecular weight is 214 g/mol. The molecule has 0 aromatic carbocycles. The minimum atomic E-state index is -0.408. The lowest BCUT2D eigenvalue weighted by Crippen LogP contribution is -2.53. The lowest BCUT2D eigenvalue weighted by atomic mass is 9.91. The first-order valence-corrected chi connectivity index (χ1v) is 5.67. The van der Waals surface area contributed by atoms with Crippen molar-refractivity contribution >= 4 is 6.09 Å². The predicted octanol–water partition coefficient (Wildman–Crippen LogP) is 2.43. The molecule has 1 amide bonds. The molecule has 0 saturated heterocycles. The molecule has 0 spiro atoms. The van der Waals surface area contributed by atoms with Gasteiger partial charge >= 0.3 is 6.09 Å². The molecule has 88 valence electrons. The number of carbonyl (C=O) groups excluding carboxylic acids is 1. The fourth-order valence-corrected chi connectivity index (χ4v) is 2.37. The van der Waals surface area contributed by atoms with Crippen LogP contribution >= 0.6 is 0 Å². The summed E-state index contributed by atoms with van der Waals surface area (Å²) in [5.41, 5.74) is -0.224. The van der Waals surface area contributed by atoms with Crippen LogP contribution in [0.25, 0.3) is 0 Å². The topological polar surface area (TPSA) is 55.6 Å². The quantitative estimate of drug-likeness (QED) is 0.682. The molecule has 0 radical (unpaired) electrons. The summed E-state index contributed by atoms with van der Waals surface area (Å²) in [6.07, 6.45) is 5.36. The van der Waals surface area contributed by atoms with Gasteiger partial charge in [-0.1, -0.05) is 19.3 Å². The molecule has 0 unspecified atom stereocenters. The van der Waals surface area contributed by atoms with Gasteiger partial charge in [0.15, 0.2) is 0 Å². The fraction of sp³-hybridized carbons (Fsp3) is 0.909. The van der Waals surface area contributed by atoms with E-state index < -0.39 is 6.09 Å². The summed E-state index contributed by atoms with van der Waals surface area (Å²) < 4.78 is 0. The van der Waals surface area contributed by atoms with Crippen LogP contribution in [-0.2, 0) is 4.84 Å². The molecule has 0 aliphatic heterocycles. The predicted molar refractivity (Wildman–Crippen MR) is 59.1 cm³/mol. The van der Waals surface area contributed by atoms with Gasteiger partial charge in [-0.2, -0.15) is 5.90 Å². The highest BCUT2D eigenvalue weighted by molar-refractivity contribution is 5.68. The van der Waals surface area contributed by atoms with E-state index in [4.69, 9.17) is 5.90 Å². The normalized spacial score (nSPS) is 18.7. The largest absolute Gasteiger partial charge is 0.429 e. The second-order valence-electron chi connectivity index (χ2n) is 5.22. The van der Waals surface area contributed by atoms with Gasteiger partial charge in [-0.25, -0.2) is 4.79 Å². The number of carbonyl (C=O) groups is 1. The first kappa shape index (κ1) is 12.3. The number of hydrogen-bond acceptors (Lipinski definition) is 3. The summed E-state index contributed by atoms with van der Waals surface area (Å²) in [4.78, 5) is 17.8. The monoisotopic (exact) mass is 214 g/mol. The third kappa shape index (κ3) is 3.09. The van der Waals surface area contributed by atoms with Gasteiger partial charge in [-0.3, -0.25) is 4.90 Å². The van der Waals surface area contributed by atoms with Crippen LogP contribution in [0, 0.1) is 0 Å². The molecule has 1 aliphatic rings. The Hall–Kier alpha value is -0.770. The Morgan fingerprint density at radius 2 is 1.80 bits per heavy atom. The molecular formula is C11H22N2O2. The van der Waals surface area contributed by atoms with E-state index in [2.05, 4.69) is 4.84 Å². The molecule has 0 atom stereocenters. The van der Waals surface area contributed by atoms with Gasteiger partial charge in [0, 0.05) is 11.6 Å². The van der Waals surface area contributed by atoms with E-state index in [-0.39, 0.29) is 11.6 Å². The van der Waals surface area contributed by atoms with E-state index >= 15 is 0 Å². The van der Waals surface area contributed by atoms with Crippen LogP contribution in [0.3, 0.4) is 0 Å². The van der Waals surface area contributed by atoms with Crippen molar-refractivity contribution in [3.63, 3.8) is 0 Å². The van der Waals surface area contributed by atoms with Crippen LogP contribution in [0.15, 0.2) is 0 Å². The number of amides is 1. The van der Waals surface area contributed by atoms with Crippen LogP contribution in [0.5, 0.6) is 0 Å². The molecule has 1 rings (SSSR count). The molecule has 0 heterocycles. The maximum absolute atomic E-state index is 11.6. The van der Waals surface area contributed by atoms with Crippen molar-refractivity contribution in [2.24, 2.45) is 5.90 Å². The number of rotatable bonds is 1. The Kier molecular flexibility index (Phi) is 3.97. The number of hydrogen-bond donors (Lipinski definition) is 1.